The monoisotopic (exact) mass is 460 g/mol. The van der Waals surface area contributed by atoms with Crippen molar-refractivity contribution in [3.8, 4) is 5.75 Å². The minimum Gasteiger partial charge on any atom is -0.459 e. The van der Waals surface area contributed by atoms with E-state index in [0.717, 1.165) is 5.56 Å². The second-order valence-electron chi connectivity index (χ2n) is 7.94. The first kappa shape index (κ1) is 21.2. The van der Waals surface area contributed by atoms with E-state index in [9.17, 15) is 14.7 Å². The number of ether oxygens (including phenoxy) is 1. The summed E-state index contributed by atoms with van der Waals surface area (Å²) >= 11 is 0. The molecular formula is C23H20FeN2O5. The minimum absolute atomic E-state index is 0. The molecule has 3 aromatic rings. The van der Waals surface area contributed by atoms with Crippen LogP contribution in [0.1, 0.15) is 57.4 Å². The number of benzene rings is 2. The molecule has 1 aliphatic carbocycles. The molecule has 2 atom stereocenters. The van der Waals surface area contributed by atoms with E-state index in [1.54, 1.807) is 36.4 Å². The van der Waals surface area contributed by atoms with Crippen molar-refractivity contribution in [3.63, 3.8) is 0 Å². The molecule has 2 heterocycles. The van der Waals surface area contributed by atoms with Crippen LogP contribution in [0.2, 0.25) is 0 Å². The number of amides is 1. The summed E-state index contributed by atoms with van der Waals surface area (Å²) in [5.41, 5.74) is 6.09. The largest absolute Gasteiger partial charge is 0.459 e. The third kappa shape index (κ3) is 2.62. The molecule has 1 amide bonds. The fourth-order valence-electron chi connectivity index (χ4n) is 4.39. The molecule has 2 aromatic carbocycles. The second-order valence-corrected chi connectivity index (χ2v) is 7.94. The van der Waals surface area contributed by atoms with E-state index >= 15 is 0 Å². The van der Waals surface area contributed by atoms with Crippen molar-refractivity contribution in [2.75, 3.05) is 5.73 Å². The molecule has 0 saturated heterocycles. The molecule has 4 N–H and O–H groups in total. The van der Waals surface area contributed by atoms with Crippen molar-refractivity contribution in [2.24, 2.45) is 0 Å². The first-order valence-corrected chi connectivity index (χ1v) is 9.65. The number of nitrogens with one attached hydrogen (secondary N) is 1. The Kier molecular flexibility index (Phi) is 4.77. The molecule has 31 heavy (non-hydrogen) atoms. The topological polar surface area (TPSA) is 115 Å². The summed E-state index contributed by atoms with van der Waals surface area (Å²) in [5.74, 6) is -2.77. The van der Waals surface area contributed by atoms with E-state index in [1.165, 1.54) is 12.3 Å². The van der Waals surface area contributed by atoms with Gasteiger partial charge in [-0.1, -0.05) is 38.1 Å². The summed E-state index contributed by atoms with van der Waals surface area (Å²) in [4.78, 5) is 26.7. The third-order valence-electron chi connectivity index (χ3n) is 5.92. The van der Waals surface area contributed by atoms with Crippen LogP contribution in [0.3, 0.4) is 0 Å². The SMILES string of the molecule is CC(C)c1ccc2c(c1)OC1(O)c3cccc(N)c3C(=O)C21NC(=O)c1ccco1.[Fe]. The van der Waals surface area contributed by atoms with E-state index in [-0.39, 0.29) is 45.6 Å². The molecule has 0 spiro atoms. The van der Waals surface area contributed by atoms with Crippen LogP contribution >= 0.6 is 0 Å². The van der Waals surface area contributed by atoms with Gasteiger partial charge in [0, 0.05) is 33.9 Å². The number of carbonyl (C=O) groups excluding carboxylic acids is 2. The Bertz CT molecular complexity index is 1210. The van der Waals surface area contributed by atoms with Crippen molar-refractivity contribution in [2.45, 2.75) is 31.1 Å². The zero-order valence-corrected chi connectivity index (χ0v) is 17.9. The van der Waals surface area contributed by atoms with Crippen LogP contribution in [0.25, 0.3) is 0 Å². The van der Waals surface area contributed by atoms with E-state index in [0.29, 0.717) is 11.3 Å². The van der Waals surface area contributed by atoms with Crippen LogP contribution < -0.4 is 15.8 Å². The number of fused-ring (bicyclic) bond motifs is 5. The summed E-state index contributed by atoms with van der Waals surface area (Å²) < 4.78 is 11.2. The molecule has 5 rings (SSSR count). The Hall–Kier alpha value is -3.06. The van der Waals surface area contributed by atoms with E-state index in [2.05, 4.69) is 5.32 Å². The van der Waals surface area contributed by atoms with E-state index in [4.69, 9.17) is 14.9 Å². The van der Waals surface area contributed by atoms with Gasteiger partial charge in [0.25, 0.3) is 11.7 Å². The number of hydrogen-bond donors (Lipinski definition) is 3. The fraction of sp³-hybridized carbons (Fsp3) is 0.217. The molecule has 2 aliphatic rings. The number of aliphatic hydroxyl groups is 1. The number of ketones is 1. The summed E-state index contributed by atoms with van der Waals surface area (Å²) in [6.07, 6.45) is 1.36. The van der Waals surface area contributed by atoms with Gasteiger partial charge >= 0.3 is 0 Å². The van der Waals surface area contributed by atoms with Gasteiger partial charge < -0.3 is 25.3 Å². The van der Waals surface area contributed by atoms with Crippen molar-refractivity contribution in [1.82, 2.24) is 5.32 Å². The Morgan fingerprint density at radius 3 is 2.58 bits per heavy atom. The van der Waals surface area contributed by atoms with Gasteiger partial charge in [0.1, 0.15) is 5.75 Å². The van der Waals surface area contributed by atoms with Crippen molar-refractivity contribution < 1.29 is 40.9 Å². The number of rotatable bonds is 3. The Morgan fingerprint density at radius 2 is 1.90 bits per heavy atom. The van der Waals surface area contributed by atoms with Gasteiger partial charge in [0.05, 0.1) is 11.8 Å². The van der Waals surface area contributed by atoms with Crippen molar-refractivity contribution in [1.29, 1.82) is 0 Å². The quantitative estimate of drug-likeness (QED) is 0.409. The standard InChI is InChI=1S/C23H20N2O5.Fe/c1-12(2)13-8-9-14-18(11-13)30-23(28)15-5-3-6-16(24)19(15)20(26)22(14,23)25-21(27)17-7-4-10-29-17;/h3-12,28H,24H2,1-2H3,(H,25,27);. The predicted octanol–water partition coefficient (Wildman–Crippen LogP) is 3.04. The maximum atomic E-state index is 13.7. The molecule has 2 unspecified atom stereocenters. The molecule has 8 heteroatoms. The van der Waals surface area contributed by atoms with Crippen LogP contribution in [-0.2, 0) is 28.4 Å². The van der Waals surface area contributed by atoms with Crippen molar-refractivity contribution in [3.05, 3.63) is 82.8 Å². The number of Topliss-reactive ketones (excluding diaryl/α,β-unsaturated/α-hetero) is 1. The number of nitrogen functional groups attached to an aromatic ring is 1. The maximum Gasteiger partial charge on any atom is 0.288 e. The van der Waals surface area contributed by atoms with Gasteiger partial charge in [-0.15, -0.1) is 0 Å². The smallest absolute Gasteiger partial charge is 0.288 e. The Balaban J connectivity index is 0.00000231. The number of anilines is 1. The minimum atomic E-state index is -2.14. The fourth-order valence-corrected chi connectivity index (χ4v) is 4.39. The average Bonchev–Trinajstić information content (AvgIpc) is 3.37. The molecule has 1 aromatic heterocycles. The van der Waals surface area contributed by atoms with Gasteiger partial charge in [-0.05, 0) is 35.7 Å². The number of hydrogen-bond acceptors (Lipinski definition) is 6. The molecule has 0 bridgehead atoms. The summed E-state index contributed by atoms with van der Waals surface area (Å²) in [7, 11) is 0. The number of carbonyl (C=O) groups is 2. The van der Waals surface area contributed by atoms with Gasteiger partial charge in [-0.2, -0.15) is 0 Å². The number of nitrogens with two attached hydrogens (primary N) is 1. The van der Waals surface area contributed by atoms with Crippen LogP contribution in [0, 0.1) is 0 Å². The molecule has 160 valence electrons. The molecule has 1 aliphatic heterocycles. The first-order valence-electron chi connectivity index (χ1n) is 9.65. The van der Waals surface area contributed by atoms with Crippen LogP contribution in [0.15, 0.2) is 59.2 Å². The van der Waals surface area contributed by atoms with Gasteiger partial charge in [0.15, 0.2) is 5.76 Å². The Labute approximate surface area is 189 Å². The van der Waals surface area contributed by atoms with Crippen LogP contribution in [-0.4, -0.2) is 16.8 Å². The zero-order chi connectivity index (χ0) is 21.3. The first-order chi connectivity index (χ1) is 14.3. The number of furan rings is 1. The van der Waals surface area contributed by atoms with E-state index in [1.807, 2.05) is 19.9 Å². The molecular weight excluding hydrogens is 440 g/mol. The van der Waals surface area contributed by atoms with Crippen LogP contribution in [0.4, 0.5) is 5.69 Å². The van der Waals surface area contributed by atoms with Gasteiger partial charge in [-0.25, -0.2) is 0 Å². The maximum absolute atomic E-state index is 13.7. The molecule has 7 nitrogen and oxygen atoms in total. The second kappa shape index (κ2) is 6.99. The van der Waals surface area contributed by atoms with Gasteiger partial charge in [0.2, 0.25) is 11.3 Å². The molecule has 0 fully saturated rings. The summed E-state index contributed by atoms with van der Waals surface area (Å²) in [6, 6.07) is 13.2. The van der Waals surface area contributed by atoms with E-state index < -0.39 is 23.0 Å². The Morgan fingerprint density at radius 1 is 1.13 bits per heavy atom. The summed E-state index contributed by atoms with van der Waals surface area (Å²) in [6.45, 7) is 4.06. The van der Waals surface area contributed by atoms with Gasteiger partial charge in [-0.3, -0.25) is 9.59 Å². The third-order valence-corrected chi connectivity index (χ3v) is 5.92. The molecule has 0 radical (unpaired) electrons. The van der Waals surface area contributed by atoms with Crippen molar-refractivity contribution >= 4 is 17.4 Å². The zero-order valence-electron chi connectivity index (χ0n) is 16.8. The molecule has 0 saturated carbocycles. The summed E-state index contributed by atoms with van der Waals surface area (Å²) in [5, 5.41) is 14.5. The predicted molar refractivity (Wildman–Crippen MR) is 108 cm³/mol. The average molecular weight is 460 g/mol. The normalized spacial score (nSPS) is 22.9. The van der Waals surface area contributed by atoms with Crippen LogP contribution in [0.5, 0.6) is 5.75 Å².